The highest BCUT2D eigenvalue weighted by Gasteiger charge is 2.07. The number of hydrogen-bond donors (Lipinski definition) is 2. The number of nitrogens with two attached hydrogens (primary N) is 1. The van der Waals surface area contributed by atoms with Crippen LogP contribution in [0.15, 0.2) is 9.85 Å². The van der Waals surface area contributed by atoms with Crippen LogP contribution in [0.4, 0.5) is 5.13 Å². The zero-order valence-electron chi connectivity index (χ0n) is 11.0. The second kappa shape index (κ2) is 7.55. The van der Waals surface area contributed by atoms with Gasteiger partial charge < -0.3 is 11.1 Å². The van der Waals surface area contributed by atoms with Crippen LogP contribution in [0.1, 0.15) is 17.0 Å². The minimum atomic E-state index is 0.00444. The van der Waals surface area contributed by atoms with Gasteiger partial charge in [-0.25, -0.2) is 4.98 Å². The van der Waals surface area contributed by atoms with E-state index in [1.54, 1.807) is 11.3 Å². The van der Waals surface area contributed by atoms with Crippen molar-refractivity contribution in [1.29, 1.82) is 0 Å². The van der Waals surface area contributed by atoms with Crippen LogP contribution in [0.5, 0.6) is 0 Å². The molecule has 0 bridgehead atoms. The monoisotopic (exact) mass is 329 g/mol. The summed E-state index contributed by atoms with van der Waals surface area (Å²) in [6.07, 6.45) is 1.88. The molecule has 2 aromatic rings. The van der Waals surface area contributed by atoms with Crippen molar-refractivity contribution in [2.75, 3.05) is 18.0 Å². The molecule has 0 saturated carbocycles. The number of carbonyl (C=O) groups excluding carboxylic acids is 1. The number of thiazole rings is 1. The van der Waals surface area contributed by atoms with E-state index in [1.807, 2.05) is 12.4 Å². The van der Waals surface area contributed by atoms with Gasteiger partial charge >= 0.3 is 0 Å². The van der Waals surface area contributed by atoms with Gasteiger partial charge in [-0.3, -0.25) is 4.79 Å². The Bertz CT molecular complexity index is 568. The quantitative estimate of drug-likeness (QED) is 0.593. The molecule has 0 saturated heterocycles. The van der Waals surface area contributed by atoms with Gasteiger partial charge in [0.25, 0.3) is 0 Å². The van der Waals surface area contributed by atoms with Gasteiger partial charge in [0.1, 0.15) is 0 Å². The maximum Gasteiger partial charge on any atom is 0.230 e. The maximum absolute atomic E-state index is 11.6. The molecule has 20 heavy (non-hydrogen) atoms. The molecule has 0 aliphatic heterocycles. The summed E-state index contributed by atoms with van der Waals surface area (Å²) >= 11 is 4.31. The Labute approximate surface area is 129 Å². The van der Waals surface area contributed by atoms with E-state index in [-0.39, 0.29) is 5.91 Å². The van der Waals surface area contributed by atoms with Crippen molar-refractivity contribution in [3.63, 3.8) is 0 Å². The third kappa shape index (κ3) is 4.73. The van der Waals surface area contributed by atoms with Gasteiger partial charge in [0.15, 0.2) is 4.34 Å². The molecule has 0 radical (unpaired) electrons. The van der Waals surface area contributed by atoms with Crippen molar-refractivity contribution in [1.82, 2.24) is 20.5 Å². The van der Waals surface area contributed by atoms with E-state index >= 15 is 0 Å². The third-order valence-corrected chi connectivity index (χ3v) is 5.38. The molecule has 2 rings (SSSR count). The Morgan fingerprint density at radius 3 is 3.00 bits per heavy atom. The molecule has 108 valence electrons. The topological polar surface area (TPSA) is 93.8 Å². The zero-order valence-corrected chi connectivity index (χ0v) is 13.4. The summed E-state index contributed by atoms with van der Waals surface area (Å²) in [4.78, 5) is 17.1. The second-order valence-corrected chi connectivity index (χ2v) is 7.18. The van der Waals surface area contributed by atoms with E-state index in [0.29, 0.717) is 17.4 Å². The predicted octanol–water partition coefficient (Wildman–Crippen LogP) is 1.73. The molecule has 3 N–H and O–H groups in total. The van der Waals surface area contributed by atoms with Gasteiger partial charge in [-0.15, -0.1) is 21.5 Å². The Kier molecular flexibility index (Phi) is 5.74. The number of carbonyl (C=O) groups is 1. The molecule has 2 aromatic heterocycles. The first kappa shape index (κ1) is 15.2. The van der Waals surface area contributed by atoms with Crippen molar-refractivity contribution in [3.05, 3.63) is 16.1 Å². The molecule has 0 unspecified atom stereocenters. The molecule has 1 amide bonds. The summed E-state index contributed by atoms with van der Waals surface area (Å²) in [6.45, 7) is 2.68. The van der Waals surface area contributed by atoms with Gasteiger partial charge in [0, 0.05) is 11.4 Å². The lowest BCUT2D eigenvalue weighted by Crippen LogP contribution is -2.26. The number of amides is 1. The Morgan fingerprint density at radius 2 is 2.35 bits per heavy atom. The van der Waals surface area contributed by atoms with E-state index in [2.05, 4.69) is 20.5 Å². The van der Waals surface area contributed by atoms with Crippen LogP contribution in [0, 0.1) is 6.92 Å². The van der Waals surface area contributed by atoms with Crippen LogP contribution in [0.25, 0.3) is 0 Å². The lowest BCUT2D eigenvalue weighted by molar-refractivity contribution is -0.118. The lowest BCUT2D eigenvalue weighted by Gasteiger charge is -2.03. The average molecular weight is 329 g/mol. The fourth-order valence-electron chi connectivity index (χ4n) is 1.50. The molecule has 9 heteroatoms. The summed E-state index contributed by atoms with van der Waals surface area (Å²) < 4.78 is 0.720. The molecule has 2 heterocycles. The summed E-state index contributed by atoms with van der Waals surface area (Å²) in [7, 11) is 0. The normalized spacial score (nSPS) is 10.7. The standard InChI is InChI=1S/C11H15N5OS3/c1-7-8(19-6-14-7)3-2-4-13-9(17)5-18-11-16-15-10(12)20-11/h6H,2-5H2,1H3,(H2,12,15)(H,13,17). The van der Waals surface area contributed by atoms with Crippen LogP contribution in [0.2, 0.25) is 0 Å². The minimum Gasteiger partial charge on any atom is -0.374 e. The van der Waals surface area contributed by atoms with E-state index in [9.17, 15) is 4.79 Å². The molecule has 0 aliphatic carbocycles. The zero-order chi connectivity index (χ0) is 14.4. The van der Waals surface area contributed by atoms with Crippen molar-refractivity contribution in [2.24, 2.45) is 0 Å². The van der Waals surface area contributed by atoms with Crippen molar-refractivity contribution >= 4 is 45.5 Å². The first-order chi connectivity index (χ1) is 9.65. The van der Waals surface area contributed by atoms with E-state index in [1.165, 1.54) is 28.0 Å². The Morgan fingerprint density at radius 1 is 1.50 bits per heavy atom. The highest BCUT2D eigenvalue weighted by molar-refractivity contribution is 8.01. The molecule has 0 spiro atoms. The number of nitrogens with zero attached hydrogens (tertiary/aromatic N) is 3. The maximum atomic E-state index is 11.6. The summed E-state index contributed by atoms with van der Waals surface area (Å²) in [5, 5.41) is 10.9. The van der Waals surface area contributed by atoms with Gasteiger partial charge in [-0.2, -0.15) is 0 Å². The van der Waals surface area contributed by atoms with Crippen LogP contribution < -0.4 is 11.1 Å². The Balaban J connectivity index is 1.59. The van der Waals surface area contributed by atoms with Crippen LogP contribution in [-0.4, -0.2) is 33.4 Å². The molecule has 0 aliphatic rings. The first-order valence-electron chi connectivity index (χ1n) is 6.02. The van der Waals surface area contributed by atoms with Crippen LogP contribution in [-0.2, 0) is 11.2 Å². The SMILES string of the molecule is Cc1ncsc1CCCNC(=O)CSc1nnc(N)s1. The largest absolute Gasteiger partial charge is 0.374 e. The highest BCUT2D eigenvalue weighted by atomic mass is 32.2. The van der Waals surface area contributed by atoms with Crippen molar-refractivity contribution < 1.29 is 4.79 Å². The fraction of sp³-hybridized carbons (Fsp3) is 0.455. The van der Waals surface area contributed by atoms with Gasteiger partial charge in [0.05, 0.1) is 17.0 Å². The second-order valence-electron chi connectivity index (χ2n) is 4.01. The van der Waals surface area contributed by atoms with Crippen molar-refractivity contribution in [3.8, 4) is 0 Å². The number of aromatic nitrogens is 3. The highest BCUT2D eigenvalue weighted by Crippen LogP contribution is 2.22. The number of aryl methyl sites for hydroxylation is 2. The molecule has 6 nitrogen and oxygen atoms in total. The lowest BCUT2D eigenvalue weighted by atomic mass is 10.2. The number of nitrogens with one attached hydrogen (secondary N) is 1. The summed E-state index contributed by atoms with van der Waals surface area (Å²) in [5.74, 6) is 0.346. The van der Waals surface area contributed by atoms with Crippen LogP contribution >= 0.6 is 34.4 Å². The predicted molar refractivity (Wildman–Crippen MR) is 83.2 cm³/mol. The average Bonchev–Trinajstić information content (AvgIpc) is 3.01. The number of rotatable bonds is 7. The summed E-state index contributed by atoms with van der Waals surface area (Å²) in [5.41, 5.74) is 8.41. The number of hydrogen-bond acceptors (Lipinski definition) is 8. The number of anilines is 1. The van der Waals surface area contributed by atoms with E-state index < -0.39 is 0 Å². The molecular formula is C11H15N5OS3. The minimum absolute atomic E-state index is 0.00444. The van der Waals surface area contributed by atoms with Gasteiger partial charge in [-0.1, -0.05) is 23.1 Å². The molecule has 0 atom stereocenters. The Hall–Kier alpha value is -1.19. The fourth-order valence-corrected chi connectivity index (χ4v) is 3.79. The number of thioether (sulfide) groups is 1. The van der Waals surface area contributed by atoms with E-state index in [4.69, 9.17) is 5.73 Å². The third-order valence-electron chi connectivity index (χ3n) is 2.50. The molecular weight excluding hydrogens is 314 g/mol. The molecule has 0 fully saturated rings. The van der Waals surface area contributed by atoms with E-state index in [0.717, 1.165) is 22.9 Å². The molecule has 0 aromatic carbocycles. The van der Waals surface area contributed by atoms with Crippen molar-refractivity contribution in [2.45, 2.75) is 24.1 Å². The first-order valence-corrected chi connectivity index (χ1v) is 8.71. The van der Waals surface area contributed by atoms with Gasteiger partial charge in [-0.05, 0) is 19.8 Å². The summed E-state index contributed by atoms with van der Waals surface area (Å²) in [6, 6.07) is 0. The van der Waals surface area contributed by atoms with Crippen LogP contribution in [0.3, 0.4) is 0 Å². The smallest absolute Gasteiger partial charge is 0.230 e. The number of nitrogen functional groups attached to an aromatic ring is 1. The van der Waals surface area contributed by atoms with Gasteiger partial charge in [0.2, 0.25) is 11.0 Å².